The molecule has 1 heterocycles. The van der Waals surface area contributed by atoms with E-state index in [0.29, 0.717) is 0 Å². The molecule has 4 aromatic carbocycles. The zero-order valence-electron chi connectivity index (χ0n) is 25.8. The van der Waals surface area contributed by atoms with Crippen LogP contribution in [0.5, 0.6) is 0 Å². The summed E-state index contributed by atoms with van der Waals surface area (Å²) in [7, 11) is -2.43. The molecule has 0 fully saturated rings. The minimum atomic E-state index is -2.43. The summed E-state index contributed by atoms with van der Waals surface area (Å²) in [6.45, 7) is 18.9. The number of benzene rings is 4. The first-order valence-electron chi connectivity index (χ1n) is 14.7. The van der Waals surface area contributed by atoms with Crippen LogP contribution in [-0.4, -0.2) is 8.07 Å². The Balaban J connectivity index is 1.65. The molecule has 0 spiro atoms. The van der Waals surface area contributed by atoms with E-state index in [9.17, 15) is 0 Å². The first-order valence-corrected chi connectivity index (χ1v) is 17.7. The van der Waals surface area contributed by atoms with Crippen molar-refractivity contribution >= 4 is 31.4 Å². The highest BCUT2D eigenvalue weighted by molar-refractivity contribution is 6.96. The monoisotopic (exact) mass is 614 g/mol. The van der Waals surface area contributed by atoms with Gasteiger partial charge in [0, 0.05) is 21.5 Å². The van der Waals surface area contributed by atoms with Gasteiger partial charge in [0.05, 0.1) is 25.3 Å². The molecule has 47 heavy (non-hydrogen) atoms. The van der Waals surface area contributed by atoms with Crippen molar-refractivity contribution in [3.8, 4) is 35.8 Å². The molecule has 0 aliphatic carbocycles. The number of allylic oxidation sites excluding steroid dienone is 6. The van der Waals surface area contributed by atoms with Crippen LogP contribution >= 0.6 is 0 Å². The lowest BCUT2D eigenvalue weighted by molar-refractivity contribution is 1.50. The topological polar surface area (TPSA) is 56.3 Å². The highest BCUT2D eigenvalue weighted by Gasteiger charge is 2.41. The van der Waals surface area contributed by atoms with Gasteiger partial charge in [-0.25, -0.2) is 20.2 Å². The molecule has 4 nitrogen and oxygen atoms in total. The largest absolute Gasteiger partial charge is 0.262 e. The van der Waals surface area contributed by atoms with Crippen molar-refractivity contribution in [3.63, 3.8) is 0 Å². The van der Waals surface area contributed by atoms with Crippen LogP contribution in [-0.2, 0) is 0 Å². The van der Waals surface area contributed by atoms with E-state index in [1.807, 2.05) is 97.1 Å². The van der Waals surface area contributed by atoms with E-state index in [4.69, 9.17) is 23.7 Å². The summed E-state index contributed by atoms with van der Waals surface area (Å²) >= 11 is 0. The molecule has 0 N–H and O–H groups in total. The number of nitrogens with zero attached hydrogens (tertiary/aromatic N) is 4. The van der Waals surface area contributed by atoms with Crippen LogP contribution in [0.25, 0.3) is 33.0 Å². The Labute approximate surface area is 277 Å². The summed E-state index contributed by atoms with van der Waals surface area (Å²) in [6.07, 6.45) is 3.13. The van der Waals surface area contributed by atoms with Gasteiger partial charge >= 0.3 is 0 Å². The van der Waals surface area contributed by atoms with E-state index in [-0.39, 0.29) is 11.4 Å². The summed E-state index contributed by atoms with van der Waals surface area (Å²) in [5.74, 6) is 14.0. The molecule has 0 radical (unpaired) electrons. The fraction of sp³-hybridized carbons (Fsp3) is 0.0476. The van der Waals surface area contributed by atoms with E-state index < -0.39 is 8.07 Å². The third-order valence-corrected chi connectivity index (χ3v) is 10.9. The quantitative estimate of drug-likeness (QED) is 0.0995. The van der Waals surface area contributed by atoms with Crippen LogP contribution in [0.4, 0.5) is 0 Å². The molecular weight excluding hydrogens is 589 g/mol. The van der Waals surface area contributed by atoms with E-state index in [1.165, 1.54) is 0 Å². The number of nitriles is 2. The molecular formula is C42H26N4Si. The van der Waals surface area contributed by atoms with E-state index in [2.05, 4.69) is 70.7 Å². The maximum Gasteiger partial charge on any atom is 0.262 e. The predicted molar refractivity (Wildman–Crippen MR) is 191 cm³/mol. The molecule has 0 unspecified atom stereocenters. The highest BCUT2D eigenvalue weighted by Crippen LogP contribution is 2.48. The van der Waals surface area contributed by atoms with Crippen LogP contribution in [0.1, 0.15) is 33.4 Å². The molecule has 1 aliphatic rings. The summed E-state index contributed by atoms with van der Waals surface area (Å²) in [5.41, 5.74) is 7.66. The van der Waals surface area contributed by atoms with Crippen LogP contribution in [0.3, 0.4) is 0 Å². The molecule has 5 rings (SSSR count). The van der Waals surface area contributed by atoms with Crippen molar-refractivity contribution in [2.45, 2.75) is 13.1 Å². The lowest BCUT2D eigenvalue weighted by atomic mass is 9.91. The second-order valence-corrected chi connectivity index (χ2v) is 15.4. The van der Waals surface area contributed by atoms with Gasteiger partial charge in [0.2, 0.25) is 0 Å². The molecule has 5 heteroatoms. The fourth-order valence-corrected chi connectivity index (χ4v) is 8.10. The maximum absolute atomic E-state index is 9.11. The van der Waals surface area contributed by atoms with Crippen molar-refractivity contribution in [3.05, 3.63) is 187 Å². The number of rotatable bonds is 4. The normalized spacial score (nSPS) is 13.6. The Bertz CT molecular complexity index is 2070. The number of hydrogen-bond donors (Lipinski definition) is 0. The summed E-state index contributed by atoms with van der Waals surface area (Å²) in [6, 6.07) is 39.6. The van der Waals surface area contributed by atoms with Gasteiger partial charge in [-0.2, -0.15) is 0 Å². The van der Waals surface area contributed by atoms with Gasteiger partial charge in [0.1, 0.15) is 8.07 Å². The van der Waals surface area contributed by atoms with Crippen LogP contribution < -0.4 is 0 Å². The SMILES string of the molecule is [C-]#[N+]/C(C#N)=C\c1ccc(C#CC2=C(c3ccccc3)C(c3ccccc3)=C(C#Cc3ccc(/C=C(\C#N)[N+]#[C-])cc3)[Si]2(C)C)cc1. The zero-order chi connectivity index (χ0) is 33.2. The first-order chi connectivity index (χ1) is 22.9. The van der Waals surface area contributed by atoms with Crippen molar-refractivity contribution in [2.75, 3.05) is 0 Å². The van der Waals surface area contributed by atoms with E-state index in [0.717, 1.165) is 54.9 Å². The Hall–Kier alpha value is -6.86. The Kier molecular flexibility index (Phi) is 9.59. The molecule has 0 amide bonds. The average molecular weight is 615 g/mol. The third kappa shape index (κ3) is 7.11. The molecule has 1 aliphatic heterocycles. The van der Waals surface area contributed by atoms with Gasteiger partial charge in [-0.05, 0) is 69.8 Å². The lowest BCUT2D eigenvalue weighted by Gasteiger charge is -2.18. The Morgan fingerprint density at radius 1 is 0.553 bits per heavy atom. The molecule has 0 saturated carbocycles. The maximum atomic E-state index is 9.11. The van der Waals surface area contributed by atoms with Crippen molar-refractivity contribution in [2.24, 2.45) is 0 Å². The minimum Gasteiger partial charge on any atom is -0.227 e. The van der Waals surface area contributed by atoms with Gasteiger partial charge in [-0.15, -0.1) is 0 Å². The second-order valence-electron chi connectivity index (χ2n) is 11.1. The third-order valence-electron chi connectivity index (χ3n) is 7.69. The Morgan fingerprint density at radius 2 is 0.915 bits per heavy atom. The van der Waals surface area contributed by atoms with Crippen LogP contribution in [0.2, 0.25) is 13.1 Å². The molecule has 0 bridgehead atoms. The molecule has 0 atom stereocenters. The minimum absolute atomic E-state index is 0.0364. The van der Waals surface area contributed by atoms with Crippen LogP contribution in [0.15, 0.2) is 131 Å². The smallest absolute Gasteiger partial charge is 0.227 e. The van der Waals surface area contributed by atoms with Crippen molar-refractivity contribution < 1.29 is 0 Å². The molecule has 218 valence electrons. The summed E-state index contributed by atoms with van der Waals surface area (Å²) < 4.78 is 0. The van der Waals surface area contributed by atoms with E-state index in [1.54, 1.807) is 12.2 Å². The highest BCUT2D eigenvalue weighted by atomic mass is 28.3. The van der Waals surface area contributed by atoms with Gasteiger partial charge in [0.15, 0.2) is 0 Å². The van der Waals surface area contributed by atoms with Gasteiger partial charge in [0.25, 0.3) is 11.4 Å². The lowest BCUT2D eigenvalue weighted by Crippen LogP contribution is -2.29. The standard InChI is InChI=1S/C42H26N4Si/c1-45-37(29-43)27-33-19-15-31(16-20-33)23-25-39-41(35-11-7-5-8-12-35)42(36-13-9-6-10-14-36)40(47(39,3)4)26-24-32-17-21-34(22-18-32)28-38(30-44)46-2/h5-22,27-28H,3-4H3/b37-27-,38-28+. The zero-order valence-corrected chi connectivity index (χ0v) is 26.8. The summed E-state index contributed by atoms with van der Waals surface area (Å²) in [5, 5.41) is 20.4. The van der Waals surface area contributed by atoms with Crippen molar-refractivity contribution in [1.82, 2.24) is 0 Å². The van der Waals surface area contributed by atoms with Crippen molar-refractivity contribution in [1.29, 1.82) is 10.5 Å². The van der Waals surface area contributed by atoms with E-state index >= 15 is 0 Å². The fourth-order valence-electron chi connectivity index (χ4n) is 5.31. The second kappa shape index (κ2) is 14.3. The Morgan fingerprint density at radius 3 is 1.23 bits per heavy atom. The molecule has 4 aromatic rings. The van der Waals surface area contributed by atoms with Gasteiger partial charge in [-0.3, -0.25) is 0 Å². The summed E-state index contributed by atoms with van der Waals surface area (Å²) in [4.78, 5) is 6.48. The molecule has 0 aromatic heterocycles. The first kappa shape index (κ1) is 31.6. The number of hydrogen-bond acceptors (Lipinski definition) is 2. The van der Waals surface area contributed by atoms with Crippen LogP contribution in [0, 0.1) is 59.5 Å². The van der Waals surface area contributed by atoms with Gasteiger partial charge in [-0.1, -0.05) is 122 Å². The van der Waals surface area contributed by atoms with Gasteiger partial charge < -0.3 is 0 Å². The predicted octanol–water partition coefficient (Wildman–Crippen LogP) is 9.37. The molecule has 0 saturated heterocycles. The average Bonchev–Trinajstić information content (AvgIpc) is 3.34.